The molecule has 1 fully saturated rings. The third kappa shape index (κ3) is 5.78. The number of carbonyl (C=O) groups excluding carboxylic acids is 1. The molecular weight excluding hydrogens is 443 g/mol. The van der Waals surface area contributed by atoms with Gasteiger partial charge in [0.2, 0.25) is 11.7 Å². The molecule has 1 aliphatic rings. The van der Waals surface area contributed by atoms with E-state index in [0.29, 0.717) is 11.7 Å². The molecule has 168 valence electrons. The van der Waals surface area contributed by atoms with Crippen LogP contribution in [-0.4, -0.2) is 49.1 Å². The Hall–Kier alpha value is -2.56. The first-order chi connectivity index (χ1) is 14.1. The van der Waals surface area contributed by atoms with E-state index in [9.17, 15) is 4.79 Å². The third-order valence-corrected chi connectivity index (χ3v) is 5.01. The molecule has 1 unspecified atom stereocenters. The van der Waals surface area contributed by atoms with Crippen LogP contribution in [0.4, 0.5) is 0 Å². The molecule has 0 aliphatic carbocycles. The average Bonchev–Trinajstić information content (AvgIpc) is 3.43. The van der Waals surface area contributed by atoms with Crippen LogP contribution in [0.15, 0.2) is 35.2 Å². The van der Waals surface area contributed by atoms with Gasteiger partial charge in [0.1, 0.15) is 6.04 Å². The maximum absolute atomic E-state index is 12.8. The second-order valence-corrected chi connectivity index (χ2v) is 7.46. The summed E-state index contributed by atoms with van der Waals surface area (Å²) in [5.41, 5.74) is 1.03. The Morgan fingerprint density at radius 3 is 2.74 bits per heavy atom. The van der Waals surface area contributed by atoms with Crippen LogP contribution in [0.1, 0.15) is 55.2 Å². The second kappa shape index (κ2) is 11.2. The van der Waals surface area contributed by atoms with Crippen LogP contribution in [0, 0.1) is 5.92 Å². The predicted octanol–water partition coefficient (Wildman–Crippen LogP) is 2.62. The molecule has 1 amide bonds. The molecule has 4 rings (SSSR count). The first-order valence-corrected chi connectivity index (χ1v) is 9.79. The van der Waals surface area contributed by atoms with Crippen LogP contribution < -0.4 is 10.6 Å². The minimum absolute atomic E-state index is 0. The first-order valence-electron chi connectivity index (χ1n) is 9.79. The van der Waals surface area contributed by atoms with Crippen molar-refractivity contribution < 1.29 is 9.32 Å². The Balaban J connectivity index is 0.00000171. The molecule has 12 heteroatoms. The Kier molecular flexibility index (Phi) is 8.90. The zero-order chi connectivity index (χ0) is 20.2. The molecule has 4 heterocycles. The van der Waals surface area contributed by atoms with Crippen LogP contribution in [0.25, 0.3) is 11.4 Å². The van der Waals surface area contributed by atoms with E-state index < -0.39 is 6.04 Å². The lowest BCUT2D eigenvalue weighted by atomic mass is 10.0. The molecule has 1 saturated heterocycles. The lowest BCUT2D eigenvalue weighted by molar-refractivity contribution is 0.0908. The number of hydrogen-bond acceptors (Lipinski definition) is 8. The highest BCUT2D eigenvalue weighted by molar-refractivity contribution is 5.92. The standard InChI is InChI=1S/C19H24N8O2.2ClH/c1-12(2)16(19-23-17(25-29-19)13-4-3-7-21-10-13)22-18(28)15-11-27(26-24-15)14-5-8-20-9-6-14;;/h3-4,7,10-12,14,16,20H,5-6,8-9H2,1-2H3,(H,22,28);2*1H. The van der Waals surface area contributed by atoms with Gasteiger partial charge in [-0.2, -0.15) is 4.98 Å². The Labute approximate surface area is 192 Å². The molecule has 31 heavy (non-hydrogen) atoms. The Morgan fingerprint density at radius 1 is 1.29 bits per heavy atom. The summed E-state index contributed by atoms with van der Waals surface area (Å²) in [6.45, 7) is 5.84. The fourth-order valence-corrected chi connectivity index (χ4v) is 3.33. The minimum Gasteiger partial charge on any atom is -0.339 e. The van der Waals surface area contributed by atoms with Crippen molar-refractivity contribution in [2.45, 2.75) is 38.8 Å². The Bertz CT molecular complexity index is 957. The van der Waals surface area contributed by atoms with Gasteiger partial charge < -0.3 is 15.2 Å². The number of piperidine rings is 1. The number of rotatable bonds is 6. The van der Waals surface area contributed by atoms with Crippen molar-refractivity contribution >= 4 is 30.7 Å². The van der Waals surface area contributed by atoms with Gasteiger partial charge >= 0.3 is 0 Å². The van der Waals surface area contributed by atoms with E-state index >= 15 is 0 Å². The van der Waals surface area contributed by atoms with Gasteiger partial charge in [0.25, 0.3) is 5.91 Å². The van der Waals surface area contributed by atoms with Crippen molar-refractivity contribution in [3.8, 4) is 11.4 Å². The number of aromatic nitrogens is 6. The van der Waals surface area contributed by atoms with Crippen molar-refractivity contribution in [3.05, 3.63) is 42.3 Å². The highest BCUT2D eigenvalue weighted by atomic mass is 35.5. The van der Waals surface area contributed by atoms with E-state index in [0.717, 1.165) is 31.5 Å². The van der Waals surface area contributed by atoms with E-state index in [1.54, 1.807) is 29.3 Å². The van der Waals surface area contributed by atoms with E-state index in [-0.39, 0.29) is 48.4 Å². The predicted molar refractivity (Wildman–Crippen MR) is 118 cm³/mol. The van der Waals surface area contributed by atoms with Gasteiger partial charge in [-0.25, -0.2) is 4.68 Å². The highest BCUT2D eigenvalue weighted by Gasteiger charge is 2.27. The van der Waals surface area contributed by atoms with Crippen molar-refractivity contribution in [2.75, 3.05) is 13.1 Å². The highest BCUT2D eigenvalue weighted by Crippen LogP contribution is 2.24. The van der Waals surface area contributed by atoms with E-state index in [2.05, 4.69) is 36.1 Å². The molecule has 1 aliphatic heterocycles. The summed E-state index contributed by atoms with van der Waals surface area (Å²) in [6, 6.07) is 3.48. The van der Waals surface area contributed by atoms with Crippen molar-refractivity contribution in [1.82, 2.24) is 40.8 Å². The maximum Gasteiger partial charge on any atom is 0.274 e. The third-order valence-electron chi connectivity index (χ3n) is 5.01. The van der Waals surface area contributed by atoms with Gasteiger partial charge in [0, 0.05) is 18.0 Å². The molecule has 0 radical (unpaired) electrons. The molecule has 0 saturated carbocycles. The molecule has 0 spiro atoms. The lowest BCUT2D eigenvalue weighted by Crippen LogP contribution is -2.32. The summed E-state index contributed by atoms with van der Waals surface area (Å²) in [6.07, 6.45) is 6.99. The maximum atomic E-state index is 12.8. The molecular formula is C19H26Cl2N8O2. The number of nitrogens with one attached hydrogen (secondary N) is 2. The number of nitrogens with zero attached hydrogens (tertiary/aromatic N) is 6. The Morgan fingerprint density at radius 2 is 2.06 bits per heavy atom. The van der Waals surface area contributed by atoms with Gasteiger partial charge in [-0.1, -0.05) is 24.2 Å². The fourth-order valence-electron chi connectivity index (χ4n) is 3.33. The van der Waals surface area contributed by atoms with Crippen LogP contribution in [0.5, 0.6) is 0 Å². The fraction of sp³-hybridized carbons (Fsp3) is 0.474. The van der Waals surface area contributed by atoms with Crippen molar-refractivity contribution in [3.63, 3.8) is 0 Å². The molecule has 2 N–H and O–H groups in total. The normalized spacial score (nSPS) is 15.1. The van der Waals surface area contributed by atoms with Crippen LogP contribution >= 0.6 is 24.8 Å². The van der Waals surface area contributed by atoms with Gasteiger partial charge in [-0.15, -0.1) is 29.9 Å². The SMILES string of the molecule is CC(C)C(NC(=O)c1cn(C2CCNCC2)nn1)c1nc(-c2cccnc2)no1.Cl.Cl. The molecule has 0 aromatic carbocycles. The monoisotopic (exact) mass is 468 g/mol. The van der Waals surface area contributed by atoms with Crippen LogP contribution in [0.2, 0.25) is 0 Å². The molecule has 3 aromatic heterocycles. The summed E-state index contributed by atoms with van der Waals surface area (Å²) >= 11 is 0. The van der Waals surface area contributed by atoms with E-state index in [1.165, 1.54) is 0 Å². The van der Waals surface area contributed by atoms with Gasteiger partial charge in [-0.05, 0) is 44.0 Å². The second-order valence-electron chi connectivity index (χ2n) is 7.46. The summed E-state index contributed by atoms with van der Waals surface area (Å²) in [4.78, 5) is 21.3. The van der Waals surface area contributed by atoms with Crippen LogP contribution in [-0.2, 0) is 0 Å². The number of pyridine rings is 1. The molecule has 0 bridgehead atoms. The summed E-state index contributed by atoms with van der Waals surface area (Å²) < 4.78 is 7.21. The first kappa shape index (κ1) is 24.7. The van der Waals surface area contributed by atoms with Crippen molar-refractivity contribution in [2.24, 2.45) is 5.92 Å². The van der Waals surface area contributed by atoms with E-state index in [1.807, 2.05) is 19.9 Å². The number of halogens is 2. The summed E-state index contributed by atoms with van der Waals surface area (Å²) in [7, 11) is 0. The summed E-state index contributed by atoms with van der Waals surface area (Å²) in [5.74, 6) is 0.508. The number of amides is 1. The minimum atomic E-state index is -0.440. The molecule has 1 atom stereocenters. The van der Waals surface area contributed by atoms with Crippen LogP contribution in [0.3, 0.4) is 0 Å². The average molecular weight is 469 g/mol. The number of hydrogen-bond donors (Lipinski definition) is 2. The largest absolute Gasteiger partial charge is 0.339 e. The van der Waals surface area contributed by atoms with Gasteiger partial charge in [0.05, 0.1) is 12.2 Å². The topological polar surface area (TPSA) is 124 Å². The van der Waals surface area contributed by atoms with Crippen molar-refractivity contribution in [1.29, 1.82) is 0 Å². The summed E-state index contributed by atoms with van der Waals surface area (Å²) in [5, 5.41) is 18.5. The van der Waals surface area contributed by atoms with E-state index in [4.69, 9.17) is 4.52 Å². The molecule has 3 aromatic rings. The van der Waals surface area contributed by atoms with Gasteiger partial charge in [0.15, 0.2) is 5.69 Å². The lowest BCUT2D eigenvalue weighted by Gasteiger charge is -2.22. The smallest absolute Gasteiger partial charge is 0.274 e. The number of carbonyl (C=O) groups is 1. The zero-order valence-electron chi connectivity index (χ0n) is 17.3. The molecule has 10 nitrogen and oxygen atoms in total. The quantitative estimate of drug-likeness (QED) is 0.565. The zero-order valence-corrected chi connectivity index (χ0v) is 18.9. The van der Waals surface area contributed by atoms with Gasteiger partial charge in [-0.3, -0.25) is 9.78 Å².